The van der Waals surface area contributed by atoms with Gasteiger partial charge in [-0.15, -0.1) is 0 Å². The first-order chi connectivity index (χ1) is 14.2. The lowest BCUT2D eigenvalue weighted by molar-refractivity contribution is 0.249. The lowest BCUT2D eigenvalue weighted by Crippen LogP contribution is -2.46. The number of H-pyrrole nitrogens is 1. The number of aromatic amines is 1. The van der Waals surface area contributed by atoms with E-state index >= 15 is 0 Å². The Morgan fingerprint density at radius 1 is 1.10 bits per heavy atom. The van der Waals surface area contributed by atoms with Gasteiger partial charge in [-0.05, 0) is 36.2 Å². The number of anilines is 1. The zero-order valence-electron chi connectivity index (χ0n) is 16.5. The molecule has 1 fully saturated rings. The van der Waals surface area contributed by atoms with Gasteiger partial charge in [-0.3, -0.25) is 14.7 Å². The van der Waals surface area contributed by atoms with Crippen LogP contribution in [0.25, 0.3) is 16.7 Å². The molecule has 0 saturated carbocycles. The molecule has 0 radical (unpaired) electrons. The molecule has 4 aromatic rings. The highest BCUT2D eigenvalue weighted by atomic mass is 16.1. The van der Waals surface area contributed by atoms with Crippen molar-refractivity contribution in [3.63, 3.8) is 0 Å². The fourth-order valence-electron chi connectivity index (χ4n) is 4.03. The van der Waals surface area contributed by atoms with Crippen molar-refractivity contribution in [2.45, 2.75) is 19.9 Å². The summed E-state index contributed by atoms with van der Waals surface area (Å²) in [5, 5.41) is 0. The van der Waals surface area contributed by atoms with Gasteiger partial charge in [0.05, 0.1) is 16.7 Å². The Labute approximate surface area is 168 Å². The number of pyridine rings is 3. The van der Waals surface area contributed by atoms with Crippen LogP contribution in [0.5, 0.6) is 0 Å². The standard InChI is InChI=1S/C22H24N6O/c1-2-17-12-19-20(25-22(17)29)11-16(13-24-19)14-26-7-9-27(10-8-26)18-3-4-21-23-5-6-28(21)15-18/h3-6,11-13,15H,2,7-10,14H2,1H3,(H,25,29). The van der Waals surface area contributed by atoms with Gasteiger partial charge in [0.25, 0.3) is 5.56 Å². The highest BCUT2D eigenvalue weighted by Gasteiger charge is 2.18. The third-order valence-electron chi connectivity index (χ3n) is 5.72. The van der Waals surface area contributed by atoms with Crippen LogP contribution in [0.4, 0.5) is 5.69 Å². The van der Waals surface area contributed by atoms with Crippen LogP contribution >= 0.6 is 0 Å². The number of rotatable bonds is 4. The third-order valence-corrected chi connectivity index (χ3v) is 5.72. The van der Waals surface area contributed by atoms with E-state index in [1.165, 1.54) is 5.69 Å². The molecule has 7 heteroatoms. The minimum absolute atomic E-state index is 0.0116. The first-order valence-electron chi connectivity index (χ1n) is 10.1. The summed E-state index contributed by atoms with van der Waals surface area (Å²) in [5.41, 5.74) is 5.77. The molecular weight excluding hydrogens is 364 g/mol. The molecule has 0 bridgehead atoms. The zero-order chi connectivity index (χ0) is 19.8. The zero-order valence-corrected chi connectivity index (χ0v) is 16.5. The summed E-state index contributed by atoms with van der Waals surface area (Å²) in [6.45, 7) is 6.78. The maximum absolute atomic E-state index is 12.1. The lowest BCUT2D eigenvalue weighted by Gasteiger charge is -2.36. The van der Waals surface area contributed by atoms with E-state index in [4.69, 9.17) is 0 Å². The van der Waals surface area contributed by atoms with Crippen LogP contribution in [0.15, 0.2) is 53.8 Å². The van der Waals surface area contributed by atoms with Gasteiger partial charge in [-0.2, -0.15) is 0 Å². The minimum Gasteiger partial charge on any atom is -0.368 e. The van der Waals surface area contributed by atoms with Gasteiger partial charge in [-0.25, -0.2) is 4.98 Å². The van der Waals surface area contributed by atoms with E-state index in [0.717, 1.165) is 60.5 Å². The molecule has 148 valence electrons. The van der Waals surface area contributed by atoms with Gasteiger partial charge >= 0.3 is 0 Å². The normalized spacial score (nSPS) is 15.4. The Morgan fingerprint density at radius 2 is 1.97 bits per heavy atom. The van der Waals surface area contributed by atoms with Crippen molar-refractivity contribution in [3.05, 3.63) is 70.5 Å². The van der Waals surface area contributed by atoms with Crippen molar-refractivity contribution in [2.24, 2.45) is 0 Å². The van der Waals surface area contributed by atoms with Crippen LogP contribution < -0.4 is 10.5 Å². The Kier molecular flexibility index (Phi) is 4.52. The van der Waals surface area contributed by atoms with Crippen molar-refractivity contribution in [3.8, 4) is 0 Å². The van der Waals surface area contributed by atoms with Crippen molar-refractivity contribution in [1.29, 1.82) is 0 Å². The molecule has 7 nitrogen and oxygen atoms in total. The number of aryl methyl sites for hydroxylation is 1. The number of aromatic nitrogens is 4. The van der Waals surface area contributed by atoms with E-state index in [1.807, 2.05) is 31.6 Å². The number of hydrogen-bond acceptors (Lipinski definition) is 5. The summed E-state index contributed by atoms with van der Waals surface area (Å²) < 4.78 is 2.06. The highest BCUT2D eigenvalue weighted by molar-refractivity contribution is 5.74. The summed E-state index contributed by atoms with van der Waals surface area (Å²) in [7, 11) is 0. The molecule has 4 aromatic heterocycles. The van der Waals surface area contributed by atoms with Gasteiger partial charge in [0.15, 0.2) is 0 Å². The number of piperazine rings is 1. The van der Waals surface area contributed by atoms with Crippen molar-refractivity contribution in [1.82, 2.24) is 24.3 Å². The van der Waals surface area contributed by atoms with Gasteiger partial charge in [-0.1, -0.05) is 6.92 Å². The first-order valence-corrected chi connectivity index (χ1v) is 10.1. The quantitative estimate of drug-likeness (QED) is 0.582. The molecule has 1 aliphatic heterocycles. The molecule has 5 rings (SSSR count). The fraction of sp³-hybridized carbons (Fsp3) is 0.318. The SMILES string of the molecule is CCc1cc2ncc(CN3CCN(c4ccc5nccn5c4)CC3)cc2[nH]c1=O. The van der Waals surface area contributed by atoms with E-state index in [9.17, 15) is 4.79 Å². The average Bonchev–Trinajstić information content (AvgIpc) is 3.21. The van der Waals surface area contributed by atoms with Crippen molar-refractivity contribution in [2.75, 3.05) is 31.1 Å². The second-order valence-corrected chi connectivity index (χ2v) is 7.60. The topological polar surface area (TPSA) is 69.5 Å². The Bertz CT molecular complexity index is 1220. The molecule has 1 aliphatic rings. The van der Waals surface area contributed by atoms with Crippen LogP contribution in [-0.2, 0) is 13.0 Å². The molecule has 0 amide bonds. The predicted octanol–water partition coefficient (Wildman–Crippen LogP) is 2.46. The van der Waals surface area contributed by atoms with Crippen LogP contribution in [0, 0.1) is 0 Å². The second-order valence-electron chi connectivity index (χ2n) is 7.60. The maximum Gasteiger partial charge on any atom is 0.251 e. The van der Waals surface area contributed by atoms with Crippen LogP contribution in [-0.4, -0.2) is 50.4 Å². The van der Waals surface area contributed by atoms with Crippen molar-refractivity contribution >= 4 is 22.4 Å². The summed E-state index contributed by atoms with van der Waals surface area (Å²) >= 11 is 0. The molecule has 1 N–H and O–H groups in total. The largest absolute Gasteiger partial charge is 0.368 e. The van der Waals surface area contributed by atoms with Crippen LogP contribution in [0.1, 0.15) is 18.1 Å². The third kappa shape index (κ3) is 3.49. The van der Waals surface area contributed by atoms with Crippen LogP contribution in [0.3, 0.4) is 0 Å². The molecule has 0 atom stereocenters. The number of nitrogens with zero attached hydrogens (tertiary/aromatic N) is 5. The molecular formula is C22H24N6O. The van der Waals surface area contributed by atoms with Gasteiger partial charge in [0.1, 0.15) is 5.65 Å². The van der Waals surface area contributed by atoms with Gasteiger partial charge in [0.2, 0.25) is 0 Å². The van der Waals surface area contributed by atoms with Gasteiger partial charge < -0.3 is 14.3 Å². The smallest absolute Gasteiger partial charge is 0.251 e. The maximum atomic E-state index is 12.1. The Balaban J connectivity index is 1.27. The molecule has 0 aliphatic carbocycles. The highest BCUT2D eigenvalue weighted by Crippen LogP contribution is 2.19. The number of nitrogens with one attached hydrogen (secondary N) is 1. The number of hydrogen-bond donors (Lipinski definition) is 1. The molecule has 0 aromatic carbocycles. The lowest BCUT2D eigenvalue weighted by atomic mass is 10.1. The monoisotopic (exact) mass is 388 g/mol. The molecule has 1 saturated heterocycles. The molecule has 29 heavy (non-hydrogen) atoms. The number of imidazole rings is 1. The van der Waals surface area contributed by atoms with Gasteiger partial charge in [0, 0.05) is 63.1 Å². The minimum atomic E-state index is -0.0116. The summed E-state index contributed by atoms with van der Waals surface area (Å²) in [4.78, 5) is 28.8. The predicted molar refractivity (Wildman–Crippen MR) is 114 cm³/mol. The van der Waals surface area contributed by atoms with Crippen LogP contribution in [0.2, 0.25) is 0 Å². The second kappa shape index (κ2) is 7.33. The van der Waals surface area contributed by atoms with Crippen molar-refractivity contribution < 1.29 is 0 Å². The Morgan fingerprint density at radius 3 is 2.79 bits per heavy atom. The fourth-order valence-corrected chi connectivity index (χ4v) is 4.03. The molecule has 0 spiro atoms. The van der Waals surface area contributed by atoms with E-state index < -0.39 is 0 Å². The first kappa shape index (κ1) is 17.9. The summed E-state index contributed by atoms with van der Waals surface area (Å²) in [5.74, 6) is 0. The summed E-state index contributed by atoms with van der Waals surface area (Å²) in [6.07, 6.45) is 8.60. The van der Waals surface area contributed by atoms with E-state index in [0.29, 0.717) is 6.42 Å². The average molecular weight is 388 g/mol. The van der Waals surface area contributed by atoms with E-state index in [1.54, 1.807) is 0 Å². The molecule has 0 unspecified atom stereocenters. The van der Waals surface area contributed by atoms with E-state index in [2.05, 4.69) is 53.5 Å². The number of fused-ring (bicyclic) bond motifs is 2. The molecule has 5 heterocycles. The van der Waals surface area contributed by atoms with E-state index in [-0.39, 0.29) is 5.56 Å². The summed E-state index contributed by atoms with van der Waals surface area (Å²) in [6, 6.07) is 8.16. The Hall–Kier alpha value is -3.19.